The van der Waals surface area contributed by atoms with Crippen LogP contribution in [0.25, 0.3) is 0 Å². The lowest BCUT2D eigenvalue weighted by Gasteiger charge is -2.17. The number of hydrogen-bond donors (Lipinski definition) is 0. The molecule has 20 heavy (non-hydrogen) atoms. The van der Waals surface area contributed by atoms with Crippen molar-refractivity contribution in [1.29, 1.82) is 0 Å². The standard InChI is InChI=1S/C16H21NO3/c1-4-19-16(18)14-15(20-10-17-14)13-7-5-12(6-8-13)9-11(2)3/h5-8,10-11,14-15H,4,9H2,1-3H3. The van der Waals surface area contributed by atoms with E-state index in [-0.39, 0.29) is 12.1 Å². The highest BCUT2D eigenvalue weighted by atomic mass is 16.5. The average Bonchev–Trinajstić information content (AvgIpc) is 2.88. The molecule has 0 aliphatic carbocycles. The summed E-state index contributed by atoms with van der Waals surface area (Å²) in [6.45, 7) is 6.52. The molecule has 1 aliphatic rings. The SMILES string of the molecule is CCOC(=O)C1N=COC1c1ccc(CC(C)C)cc1. The number of benzene rings is 1. The Hall–Kier alpha value is -1.84. The summed E-state index contributed by atoms with van der Waals surface area (Å²) in [5, 5.41) is 0. The molecule has 108 valence electrons. The molecule has 0 N–H and O–H groups in total. The minimum absolute atomic E-state index is 0.336. The molecule has 4 heteroatoms. The second-order valence-electron chi connectivity index (χ2n) is 5.35. The van der Waals surface area contributed by atoms with Crippen molar-refractivity contribution in [1.82, 2.24) is 0 Å². The molecule has 2 atom stereocenters. The van der Waals surface area contributed by atoms with Crippen LogP contribution in [0, 0.1) is 5.92 Å². The topological polar surface area (TPSA) is 47.9 Å². The number of nitrogens with zero attached hydrogens (tertiary/aromatic N) is 1. The Balaban J connectivity index is 2.09. The number of esters is 1. The average molecular weight is 275 g/mol. The third-order valence-electron chi connectivity index (χ3n) is 3.20. The number of carbonyl (C=O) groups excluding carboxylic acids is 1. The molecular weight excluding hydrogens is 254 g/mol. The Kier molecular flexibility index (Phi) is 4.77. The number of aliphatic imine (C=N–C) groups is 1. The van der Waals surface area contributed by atoms with Gasteiger partial charge in [-0.1, -0.05) is 38.1 Å². The zero-order valence-corrected chi connectivity index (χ0v) is 12.2. The summed E-state index contributed by atoms with van der Waals surface area (Å²) in [5.74, 6) is 0.289. The highest BCUT2D eigenvalue weighted by molar-refractivity contribution is 5.80. The predicted molar refractivity (Wildman–Crippen MR) is 77.7 cm³/mol. The molecule has 0 saturated heterocycles. The molecule has 0 saturated carbocycles. The molecular formula is C16H21NO3. The van der Waals surface area contributed by atoms with Crippen molar-refractivity contribution in [3.8, 4) is 0 Å². The molecule has 1 aliphatic heterocycles. The largest absolute Gasteiger partial charge is 0.473 e. The zero-order valence-electron chi connectivity index (χ0n) is 12.2. The van der Waals surface area contributed by atoms with E-state index in [4.69, 9.17) is 9.47 Å². The summed E-state index contributed by atoms with van der Waals surface area (Å²) in [5.41, 5.74) is 2.24. The quantitative estimate of drug-likeness (QED) is 0.776. The number of rotatable bonds is 5. The van der Waals surface area contributed by atoms with E-state index in [1.54, 1.807) is 6.92 Å². The van der Waals surface area contributed by atoms with Crippen LogP contribution in [-0.4, -0.2) is 25.0 Å². The predicted octanol–water partition coefficient (Wildman–Crippen LogP) is 2.92. The van der Waals surface area contributed by atoms with Gasteiger partial charge in [-0.15, -0.1) is 0 Å². The minimum atomic E-state index is -0.592. The first kappa shape index (κ1) is 14.6. The first-order valence-corrected chi connectivity index (χ1v) is 7.04. The molecule has 2 unspecified atom stereocenters. The molecule has 1 aromatic carbocycles. The summed E-state index contributed by atoms with van der Waals surface area (Å²) in [4.78, 5) is 15.9. The van der Waals surface area contributed by atoms with E-state index in [9.17, 15) is 4.79 Å². The summed E-state index contributed by atoms with van der Waals surface area (Å²) in [6.07, 6.45) is 2.01. The van der Waals surface area contributed by atoms with Crippen molar-refractivity contribution in [2.24, 2.45) is 10.9 Å². The van der Waals surface area contributed by atoms with Crippen molar-refractivity contribution in [3.63, 3.8) is 0 Å². The Labute approximate surface area is 119 Å². The van der Waals surface area contributed by atoms with Crippen molar-refractivity contribution in [2.75, 3.05) is 6.61 Å². The third-order valence-corrected chi connectivity index (χ3v) is 3.20. The van der Waals surface area contributed by atoms with Gasteiger partial charge in [-0.2, -0.15) is 0 Å². The van der Waals surface area contributed by atoms with Gasteiger partial charge in [0.1, 0.15) is 0 Å². The van der Waals surface area contributed by atoms with E-state index < -0.39 is 6.04 Å². The van der Waals surface area contributed by atoms with Crippen LogP contribution in [-0.2, 0) is 20.7 Å². The maximum Gasteiger partial charge on any atom is 0.335 e. The molecule has 1 aromatic rings. The van der Waals surface area contributed by atoms with Gasteiger partial charge in [0, 0.05) is 0 Å². The Morgan fingerprint density at radius 1 is 1.35 bits per heavy atom. The fraction of sp³-hybridized carbons (Fsp3) is 0.500. The fourth-order valence-electron chi connectivity index (χ4n) is 2.31. The second-order valence-corrected chi connectivity index (χ2v) is 5.35. The van der Waals surface area contributed by atoms with E-state index in [1.165, 1.54) is 12.0 Å². The molecule has 0 radical (unpaired) electrons. The highest BCUT2D eigenvalue weighted by Crippen LogP contribution is 2.28. The lowest BCUT2D eigenvalue weighted by Crippen LogP contribution is -2.26. The van der Waals surface area contributed by atoms with E-state index >= 15 is 0 Å². The third kappa shape index (κ3) is 3.38. The molecule has 0 spiro atoms. The summed E-state index contributed by atoms with van der Waals surface area (Å²) in [6, 6.07) is 7.58. The lowest BCUT2D eigenvalue weighted by atomic mass is 9.98. The number of ether oxygens (including phenoxy) is 2. The molecule has 0 amide bonds. The van der Waals surface area contributed by atoms with Crippen LogP contribution in [0.1, 0.15) is 38.0 Å². The van der Waals surface area contributed by atoms with Crippen LogP contribution < -0.4 is 0 Å². The van der Waals surface area contributed by atoms with Crippen molar-refractivity contribution >= 4 is 12.4 Å². The van der Waals surface area contributed by atoms with Gasteiger partial charge in [0.2, 0.25) is 0 Å². The van der Waals surface area contributed by atoms with Crippen LogP contribution >= 0.6 is 0 Å². The maximum absolute atomic E-state index is 11.8. The molecule has 4 nitrogen and oxygen atoms in total. The van der Waals surface area contributed by atoms with Gasteiger partial charge in [-0.25, -0.2) is 9.79 Å². The zero-order chi connectivity index (χ0) is 14.5. The summed E-state index contributed by atoms with van der Waals surface area (Å²) in [7, 11) is 0. The van der Waals surface area contributed by atoms with Gasteiger partial charge in [0.25, 0.3) is 0 Å². The van der Waals surface area contributed by atoms with Crippen LogP contribution in [0.4, 0.5) is 0 Å². The van der Waals surface area contributed by atoms with Gasteiger partial charge in [-0.05, 0) is 30.4 Å². The number of carbonyl (C=O) groups is 1. The molecule has 1 heterocycles. The normalized spacial score (nSPS) is 21.0. The van der Waals surface area contributed by atoms with E-state index in [0.717, 1.165) is 12.0 Å². The highest BCUT2D eigenvalue weighted by Gasteiger charge is 2.35. The molecule has 0 bridgehead atoms. The van der Waals surface area contributed by atoms with E-state index in [1.807, 2.05) is 12.1 Å². The summed E-state index contributed by atoms with van der Waals surface area (Å²) < 4.78 is 10.5. The van der Waals surface area contributed by atoms with Crippen molar-refractivity contribution in [3.05, 3.63) is 35.4 Å². The van der Waals surface area contributed by atoms with Crippen molar-refractivity contribution in [2.45, 2.75) is 39.3 Å². The molecule has 0 fully saturated rings. The fourth-order valence-corrected chi connectivity index (χ4v) is 2.31. The monoisotopic (exact) mass is 275 g/mol. The van der Waals surface area contributed by atoms with Gasteiger partial charge >= 0.3 is 5.97 Å². The van der Waals surface area contributed by atoms with Gasteiger partial charge in [0.15, 0.2) is 18.5 Å². The van der Waals surface area contributed by atoms with Crippen LogP contribution in [0.15, 0.2) is 29.3 Å². The van der Waals surface area contributed by atoms with Crippen LogP contribution in [0.3, 0.4) is 0 Å². The Morgan fingerprint density at radius 3 is 2.65 bits per heavy atom. The first-order chi connectivity index (χ1) is 9.61. The van der Waals surface area contributed by atoms with E-state index in [2.05, 4.69) is 31.0 Å². The Morgan fingerprint density at radius 2 is 2.05 bits per heavy atom. The van der Waals surface area contributed by atoms with Gasteiger partial charge in [-0.3, -0.25) is 0 Å². The maximum atomic E-state index is 11.8. The Bertz CT molecular complexity index is 479. The second kappa shape index (κ2) is 6.55. The van der Waals surface area contributed by atoms with Gasteiger partial charge < -0.3 is 9.47 Å². The van der Waals surface area contributed by atoms with Crippen molar-refractivity contribution < 1.29 is 14.3 Å². The van der Waals surface area contributed by atoms with E-state index in [0.29, 0.717) is 12.5 Å². The van der Waals surface area contributed by atoms with Crippen LogP contribution in [0.2, 0.25) is 0 Å². The number of hydrogen-bond acceptors (Lipinski definition) is 4. The molecule has 2 rings (SSSR count). The van der Waals surface area contributed by atoms with Gasteiger partial charge in [0.05, 0.1) is 6.61 Å². The first-order valence-electron chi connectivity index (χ1n) is 7.04. The summed E-state index contributed by atoms with van der Waals surface area (Å²) >= 11 is 0. The molecule has 0 aromatic heterocycles. The minimum Gasteiger partial charge on any atom is -0.473 e. The smallest absolute Gasteiger partial charge is 0.335 e. The lowest BCUT2D eigenvalue weighted by molar-refractivity contribution is -0.146. The van der Waals surface area contributed by atoms with Crippen LogP contribution in [0.5, 0.6) is 0 Å².